The summed E-state index contributed by atoms with van der Waals surface area (Å²) in [4.78, 5) is 54.8. The van der Waals surface area contributed by atoms with Crippen LogP contribution in [0.2, 0.25) is 0 Å². The van der Waals surface area contributed by atoms with Crippen molar-refractivity contribution in [2.75, 3.05) is 20.3 Å². The van der Waals surface area contributed by atoms with E-state index in [1.165, 1.54) is 18.0 Å². The van der Waals surface area contributed by atoms with Gasteiger partial charge in [0, 0.05) is 20.2 Å². The zero-order valence-corrected chi connectivity index (χ0v) is 18.0. The van der Waals surface area contributed by atoms with Crippen molar-refractivity contribution in [3.63, 3.8) is 0 Å². The number of urea groups is 1. The molecule has 11 heteroatoms. The highest BCUT2D eigenvalue weighted by atomic mass is 16.5. The third-order valence-electron chi connectivity index (χ3n) is 4.79. The minimum atomic E-state index is -0.772. The molecule has 3 amide bonds. The Morgan fingerprint density at radius 1 is 1.12 bits per heavy atom. The third kappa shape index (κ3) is 5.11. The Bertz CT molecular complexity index is 1210. The molecule has 2 heterocycles. The summed E-state index contributed by atoms with van der Waals surface area (Å²) in [5.74, 6) is -0.772. The highest BCUT2D eigenvalue weighted by molar-refractivity contribution is 5.94. The Labute approximate surface area is 183 Å². The van der Waals surface area contributed by atoms with Gasteiger partial charge in [-0.25, -0.2) is 19.1 Å². The van der Waals surface area contributed by atoms with Gasteiger partial charge in [0.25, 0.3) is 5.56 Å². The van der Waals surface area contributed by atoms with Gasteiger partial charge in [-0.15, -0.1) is 0 Å². The van der Waals surface area contributed by atoms with Crippen molar-refractivity contribution in [3.05, 3.63) is 63.1 Å². The van der Waals surface area contributed by atoms with Gasteiger partial charge in [-0.3, -0.25) is 19.5 Å². The van der Waals surface area contributed by atoms with Gasteiger partial charge < -0.3 is 14.6 Å². The van der Waals surface area contributed by atoms with E-state index in [9.17, 15) is 19.2 Å². The number of ether oxygens (including phenoxy) is 1. The maximum atomic E-state index is 13.2. The molecule has 0 aliphatic carbocycles. The van der Waals surface area contributed by atoms with Gasteiger partial charge in [0.1, 0.15) is 6.54 Å². The van der Waals surface area contributed by atoms with E-state index < -0.39 is 29.7 Å². The van der Waals surface area contributed by atoms with Crippen LogP contribution >= 0.6 is 0 Å². The van der Waals surface area contributed by atoms with Crippen LogP contribution in [-0.4, -0.2) is 50.9 Å². The van der Waals surface area contributed by atoms with Crippen molar-refractivity contribution < 1.29 is 14.3 Å². The first kappa shape index (κ1) is 22.9. The van der Waals surface area contributed by atoms with Gasteiger partial charge in [-0.05, 0) is 12.0 Å². The monoisotopic (exact) mass is 442 g/mol. The molecular formula is C21H26N6O5. The zero-order valence-electron chi connectivity index (χ0n) is 18.0. The van der Waals surface area contributed by atoms with Crippen LogP contribution in [0.15, 0.2) is 46.2 Å². The predicted molar refractivity (Wildman–Crippen MR) is 118 cm³/mol. The fourth-order valence-electron chi connectivity index (χ4n) is 3.24. The summed E-state index contributed by atoms with van der Waals surface area (Å²) in [6, 6.07) is 8.55. The van der Waals surface area contributed by atoms with Crippen molar-refractivity contribution in [2.45, 2.75) is 33.0 Å². The summed E-state index contributed by atoms with van der Waals surface area (Å²) >= 11 is 0. The molecule has 170 valence electrons. The third-order valence-corrected chi connectivity index (χ3v) is 4.79. The van der Waals surface area contributed by atoms with Crippen LogP contribution in [0.5, 0.6) is 0 Å². The molecule has 0 atom stereocenters. The van der Waals surface area contributed by atoms with Crippen LogP contribution in [0.4, 0.5) is 4.79 Å². The predicted octanol–water partition coefficient (Wildman–Crippen LogP) is 0.290. The fourth-order valence-corrected chi connectivity index (χ4v) is 3.24. The van der Waals surface area contributed by atoms with Crippen molar-refractivity contribution in [1.82, 2.24) is 29.3 Å². The molecular weight excluding hydrogens is 416 g/mol. The van der Waals surface area contributed by atoms with E-state index in [-0.39, 0.29) is 17.7 Å². The number of aromatic nitrogens is 4. The maximum absolute atomic E-state index is 13.2. The van der Waals surface area contributed by atoms with E-state index in [2.05, 4.69) is 15.6 Å². The number of carbonyl (C=O) groups excluding carboxylic acids is 2. The molecule has 0 fully saturated rings. The van der Waals surface area contributed by atoms with Crippen molar-refractivity contribution in [2.24, 2.45) is 0 Å². The SMILES string of the molecule is CCCNC(=O)NC(=O)Cn1c(=O)c2c(ncn2CCOC)n(Cc2ccccc2)c1=O. The normalized spacial score (nSPS) is 10.9. The standard InChI is InChI=1S/C21H26N6O5/c1-3-9-22-20(30)24-16(28)13-27-19(29)17-18(23-14-25(17)10-11-32-2)26(21(27)31)12-15-7-5-4-6-8-15/h4-8,14H,3,9-13H2,1-2H3,(H2,22,24,28,30). The van der Waals surface area contributed by atoms with Gasteiger partial charge in [0.2, 0.25) is 5.91 Å². The molecule has 11 nitrogen and oxygen atoms in total. The lowest BCUT2D eigenvalue weighted by molar-refractivity contribution is -0.120. The number of imide groups is 1. The van der Waals surface area contributed by atoms with Crippen LogP contribution < -0.4 is 21.9 Å². The summed E-state index contributed by atoms with van der Waals surface area (Å²) in [6.07, 6.45) is 2.17. The van der Waals surface area contributed by atoms with Gasteiger partial charge in [0.05, 0.1) is 19.5 Å². The Morgan fingerprint density at radius 2 is 1.88 bits per heavy atom. The van der Waals surface area contributed by atoms with Crippen molar-refractivity contribution in [3.8, 4) is 0 Å². The van der Waals surface area contributed by atoms with E-state index in [4.69, 9.17) is 4.74 Å². The Morgan fingerprint density at radius 3 is 2.56 bits per heavy atom. The molecule has 2 aromatic heterocycles. The highest BCUT2D eigenvalue weighted by Gasteiger charge is 2.20. The first-order valence-corrected chi connectivity index (χ1v) is 10.2. The number of carbonyl (C=O) groups is 2. The second-order valence-electron chi connectivity index (χ2n) is 7.15. The quantitative estimate of drug-likeness (QED) is 0.490. The average Bonchev–Trinajstić information content (AvgIpc) is 3.21. The first-order valence-electron chi connectivity index (χ1n) is 10.2. The molecule has 3 aromatic rings. The molecule has 0 saturated carbocycles. The number of benzene rings is 1. The number of hydrogen-bond acceptors (Lipinski definition) is 6. The largest absolute Gasteiger partial charge is 0.383 e. The lowest BCUT2D eigenvalue weighted by atomic mass is 10.2. The minimum Gasteiger partial charge on any atom is -0.383 e. The number of hydrogen-bond donors (Lipinski definition) is 2. The van der Waals surface area contributed by atoms with Crippen molar-refractivity contribution in [1.29, 1.82) is 0 Å². The summed E-state index contributed by atoms with van der Waals surface area (Å²) in [6.45, 7) is 2.51. The second kappa shape index (κ2) is 10.5. The van der Waals surface area contributed by atoms with E-state index in [0.29, 0.717) is 26.1 Å². The van der Waals surface area contributed by atoms with Gasteiger partial charge in [-0.1, -0.05) is 37.3 Å². The molecule has 0 radical (unpaired) electrons. The molecule has 32 heavy (non-hydrogen) atoms. The lowest BCUT2D eigenvalue weighted by Gasteiger charge is -2.13. The van der Waals surface area contributed by atoms with E-state index in [1.807, 2.05) is 37.3 Å². The number of fused-ring (bicyclic) bond motifs is 1. The number of imidazole rings is 1. The molecule has 0 aliphatic rings. The lowest BCUT2D eigenvalue weighted by Crippen LogP contribution is -2.47. The van der Waals surface area contributed by atoms with Crippen LogP contribution in [0.25, 0.3) is 11.2 Å². The number of rotatable bonds is 9. The zero-order chi connectivity index (χ0) is 23.1. The average molecular weight is 442 g/mol. The first-order chi connectivity index (χ1) is 15.5. The smallest absolute Gasteiger partial charge is 0.333 e. The van der Waals surface area contributed by atoms with Crippen LogP contribution in [0.3, 0.4) is 0 Å². The fraction of sp³-hybridized carbons (Fsp3) is 0.381. The van der Waals surface area contributed by atoms with Crippen LogP contribution in [-0.2, 0) is 29.2 Å². The topological polar surface area (TPSA) is 129 Å². The molecule has 0 bridgehead atoms. The van der Waals surface area contributed by atoms with E-state index in [0.717, 1.165) is 10.1 Å². The Balaban J connectivity index is 2.04. The summed E-state index contributed by atoms with van der Waals surface area (Å²) < 4.78 is 8.84. The Hall–Kier alpha value is -3.73. The number of methoxy groups -OCH3 is 1. The number of nitrogens with one attached hydrogen (secondary N) is 2. The summed E-state index contributed by atoms with van der Waals surface area (Å²) in [5.41, 5.74) is -0.117. The summed E-state index contributed by atoms with van der Waals surface area (Å²) in [7, 11) is 1.54. The minimum absolute atomic E-state index is 0.163. The molecule has 3 rings (SSSR count). The molecule has 0 unspecified atom stereocenters. The highest BCUT2D eigenvalue weighted by Crippen LogP contribution is 2.09. The van der Waals surface area contributed by atoms with Crippen molar-refractivity contribution >= 4 is 23.1 Å². The van der Waals surface area contributed by atoms with Crippen LogP contribution in [0, 0.1) is 0 Å². The summed E-state index contributed by atoms with van der Waals surface area (Å²) in [5, 5.41) is 4.65. The molecule has 0 saturated heterocycles. The van der Waals surface area contributed by atoms with E-state index >= 15 is 0 Å². The van der Waals surface area contributed by atoms with Gasteiger partial charge >= 0.3 is 11.7 Å². The van der Waals surface area contributed by atoms with Gasteiger partial charge in [0.15, 0.2) is 11.2 Å². The molecule has 0 aliphatic heterocycles. The van der Waals surface area contributed by atoms with Crippen LogP contribution in [0.1, 0.15) is 18.9 Å². The van der Waals surface area contributed by atoms with E-state index in [1.54, 1.807) is 4.57 Å². The maximum Gasteiger partial charge on any atom is 0.333 e. The number of amides is 3. The molecule has 0 spiro atoms. The molecule has 1 aromatic carbocycles. The second-order valence-corrected chi connectivity index (χ2v) is 7.15. The molecule has 2 N–H and O–H groups in total. The Kier molecular flexibility index (Phi) is 7.55. The van der Waals surface area contributed by atoms with Gasteiger partial charge in [-0.2, -0.15) is 0 Å². The number of nitrogens with zero attached hydrogens (tertiary/aromatic N) is 4.